The van der Waals surface area contributed by atoms with Crippen LogP contribution in [0, 0.1) is 0 Å². The van der Waals surface area contributed by atoms with E-state index in [0.29, 0.717) is 0 Å². The van der Waals surface area contributed by atoms with Gasteiger partial charge in [0.05, 0.1) is 0 Å². The topological polar surface area (TPSA) is 27.6 Å². The lowest BCUT2D eigenvalue weighted by molar-refractivity contribution is -0.411. The monoisotopic (exact) mass is 210 g/mol. The van der Waals surface area contributed by atoms with Crippen molar-refractivity contribution in [1.29, 1.82) is 0 Å². The van der Waals surface area contributed by atoms with Crippen molar-refractivity contribution in [3.63, 3.8) is 0 Å². The fourth-order valence-corrected chi connectivity index (χ4v) is 2.64. The molecule has 0 unspecified atom stereocenters. The molecule has 0 saturated heterocycles. The van der Waals surface area contributed by atoms with Crippen molar-refractivity contribution in [2.45, 2.75) is 18.9 Å². The Kier molecular flexibility index (Phi) is 2.26. The van der Waals surface area contributed by atoms with Crippen molar-refractivity contribution >= 4 is 0 Å². The summed E-state index contributed by atoms with van der Waals surface area (Å²) in [5.41, 5.74) is 10.0. The van der Waals surface area contributed by atoms with E-state index in [0.717, 1.165) is 12.8 Å². The Labute approximate surface area is 95.9 Å². The van der Waals surface area contributed by atoms with Crippen LogP contribution in [-0.2, 0) is 12.8 Å². The van der Waals surface area contributed by atoms with Gasteiger partial charge < -0.3 is 5.73 Å². The molecule has 1 heteroatoms. The molecular weight excluding hydrogens is 194 g/mol. The first-order chi connectivity index (χ1) is 7.86. The quantitative estimate of drug-likeness (QED) is 0.690. The number of hydrogen-bond acceptors (Lipinski definition) is 0. The lowest BCUT2D eigenvalue weighted by Gasteiger charge is -2.11. The van der Waals surface area contributed by atoms with Crippen LogP contribution in [0.2, 0.25) is 0 Å². The zero-order chi connectivity index (χ0) is 11.0. The summed E-state index contributed by atoms with van der Waals surface area (Å²) in [6, 6.07) is 17.7. The molecule has 2 aromatic rings. The second kappa shape index (κ2) is 3.76. The summed E-state index contributed by atoms with van der Waals surface area (Å²) in [6.07, 6.45) is 2.28. The van der Waals surface area contributed by atoms with E-state index in [2.05, 4.69) is 54.3 Å². The Morgan fingerprint density at radius 3 is 1.69 bits per heavy atom. The summed E-state index contributed by atoms with van der Waals surface area (Å²) < 4.78 is 0. The first-order valence-electron chi connectivity index (χ1n) is 5.85. The van der Waals surface area contributed by atoms with Crippen LogP contribution in [0.25, 0.3) is 0 Å². The van der Waals surface area contributed by atoms with Crippen molar-refractivity contribution in [2.75, 3.05) is 0 Å². The van der Waals surface area contributed by atoms with Crippen molar-refractivity contribution < 1.29 is 5.73 Å². The lowest BCUT2D eigenvalue weighted by Crippen LogP contribution is -2.54. The standard InChI is InChI=1S/C15H15N/c16-15-13-7-3-1-5-11(13)9-10-12-6-2-4-8-14(12)15/h1-8,15H,9-10,16H2/p+1. The Morgan fingerprint density at radius 1 is 0.750 bits per heavy atom. The van der Waals surface area contributed by atoms with Crippen LogP contribution < -0.4 is 5.73 Å². The highest BCUT2D eigenvalue weighted by atomic mass is 14.6. The molecule has 3 rings (SSSR count). The lowest BCUT2D eigenvalue weighted by atomic mass is 9.96. The number of aryl methyl sites for hydroxylation is 2. The van der Waals surface area contributed by atoms with Gasteiger partial charge in [0.2, 0.25) is 0 Å². The van der Waals surface area contributed by atoms with E-state index in [4.69, 9.17) is 0 Å². The summed E-state index contributed by atoms with van der Waals surface area (Å²) in [5.74, 6) is 0. The van der Waals surface area contributed by atoms with Crippen LogP contribution in [0.1, 0.15) is 28.3 Å². The van der Waals surface area contributed by atoms with Gasteiger partial charge in [-0.15, -0.1) is 0 Å². The third-order valence-electron chi connectivity index (χ3n) is 3.52. The van der Waals surface area contributed by atoms with Crippen LogP contribution in [-0.4, -0.2) is 0 Å². The molecule has 3 N–H and O–H groups in total. The van der Waals surface area contributed by atoms with Crippen LogP contribution in [0.3, 0.4) is 0 Å². The van der Waals surface area contributed by atoms with Gasteiger partial charge in [-0.05, 0) is 24.0 Å². The zero-order valence-electron chi connectivity index (χ0n) is 9.32. The second-order valence-electron chi connectivity index (χ2n) is 4.45. The summed E-state index contributed by atoms with van der Waals surface area (Å²) in [6.45, 7) is 0. The molecule has 0 amide bonds. The highest BCUT2D eigenvalue weighted by Crippen LogP contribution is 2.29. The van der Waals surface area contributed by atoms with Crippen LogP contribution in [0.15, 0.2) is 48.5 Å². The molecule has 0 atom stereocenters. The molecule has 1 nitrogen and oxygen atoms in total. The van der Waals surface area contributed by atoms with Gasteiger partial charge in [0, 0.05) is 11.1 Å². The number of quaternary nitrogens is 1. The molecular formula is C15H16N+. The van der Waals surface area contributed by atoms with Crippen molar-refractivity contribution in [3.8, 4) is 0 Å². The summed E-state index contributed by atoms with van der Waals surface area (Å²) in [7, 11) is 0. The fourth-order valence-electron chi connectivity index (χ4n) is 2.64. The zero-order valence-corrected chi connectivity index (χ0v) is 9.32. The first kappa shape index (κ1) is 9.61. The Hall–Kier alpha value is -1.60. The first-order valence-corrected chi connectivity index (χ1v) is 5.85. The number of rotatable bonds is 0. The molecule has 0 aromatic heterocycles. The SMILES string of the molecule is [NH3+]C1c2ccccc2CCc2ccccc21. The molecule has 1 aliphatic rings. The average Bonchev–Trinajstić information content (AvgIpc) is 2.49. The van der Waals surface area contributed by atoms with Gasteiger partial charge in [0.25, 0.3) is 0 Å². The molecule has 0 saturated carbocycles. The Morgan fingerprint density at radius 2 is 1.19 bits per heavy atom. The fraction of sp³-hybridized carbons (Fsp3) is 0.200. The van der Waals surface area contributed by atoms with E-state index in [1.165, 1.54) is 22.3 Å². The summed E-state index contributed by atoms with van der Waals surface area (Å²) >= 11 is 0. The van der Waals surface area contributed by atoms with E-state index in [1.54, 1.807) is 0 Å². The maximum Gasteiger partial charge on any atom is 0.136 e. The van der Waals surface area contributed by atoms with E-state index in [9.17, 15) is 0 Å². The largest absolute Gasteiger partial charge is 0.348 e. The van der Waals surface area contributed by atoms with Crippen molar-refractivity contribution in [3.05, 3.63) is 70.8 Å². The van der Waals surface area contributed by atoms with Crippen LogP contribution >= 0.6 is 0 Å². The smallest absolute Gasteiger partial charge is 0.136 e. The molecule has 0 radical (unpaired) electrons. The van der Waals surface area contributed by atoms with E-state index < -0.39 is 0 Å². The normalized spacial score (nSPS) is 15.1. The van der Waals surface area contributed by atoms with Gasteiger partial charge in [0.15, 0.2) is 0 Å². The molecule has 80 valence electrons. The average molecular weight is 210 g/mol. The highest BCUT2D eigenvalue weighted by molar-refractivity contribution is 5.42. The van der Waals surface area contributed by atoms with Crippen LogP contribution in [0.4, 0.5) is 0 Å². The van der Waals surface area contributed by atoms with Gasteiger partial charge >= 0.3 is 0 Å². The van der Waals surface area contributed by atoms with Crippen molar-refractivity contribution in [2.24, 2.45) is 0 Å². The second-order valence-corrected chi connectivity index (χ2v) is 4.45. The molecule has 0 heterocycles. The van der Waals surface area contributed by atoms with Crippen molar-refractivity contribution in [1.82, 2.24) is 0 Å². The van der Waals surface area contributed by atoms with Gasteiger partial charge in [-0.2, -0.15) is 0 Å². The molecule has 2 aromatic carbocycles. The molecule has 16 heavy (non-hydrogen) atoms. The minimum Gasteiger partial charge on any atom is -0.348 e. The van der Waals surface area contributed by atoms with E-state index in [-0.39, 0.29) is 6.04 Å². The molecule has 0 bridgehead atoms. The van der Waals surface area contributed by atoms with Gasteiger partial charge in [-0.3, -0.25) is 0 Å². The Balaban J connectivity index is 2.18. The minimum atomic E-state index is 0.287. The maximum absolute atomic E-state index is 4.34. The van der Waals surface area contributed by atoms with Gasteiger partial charge in [0.1, 0.15) is 6.04 Å². The minimum absolute atomic E-state index is 0.287. The number of benzene rings is 2. The number of fused-ring (bicyclic) bond motifs is 2. The van der Waals surface area contributed by atoms with E-state index in [1.807, 2.05) is 0 Å². The van der Waals surface area contributed by atoms with Gasteiger partial charge in [-0.25, -0.2) is 0 Å². The predicted molar refractivity (Wildman–Crippen MR) is 65.0 cm³/mol. The molecule has 0 aliphatic heterocycles. The third kappa shape index (κ3) is 1.44. The molecule has 1 aliphatic carbocycles. The highest BCUT2D eigenvalue weighted by Gasteiger charge is 2.22. The summed E-state index contributed by atoms with van der Waals surface area (Å²) in [5, 5.41) is 0. The van der Waals surface area contributed by atoms with Crippen LogP contribution in [0.5, 0.6) is 0 Å². The Bertz CT molecular complexity index is 469. The summed E-state index contributed by atoms with van der Waals surface area (Å²) in [4.78, 5) is 0. The van der Waals surface area contributed by atoms with Gasteiger partial charge in [-0.1, -0.05) is 48.5 Å². The molecule has 0 fully saturated rings. The predicted octanol–water partition coefficient (Wildman–Crippen LogP) is 2.12. The molecule has 0 spiro atoms. The third-order valence-corrected chi connectivity index (χ3v) is 3.52. The van der Waals surface area contributed by atoms with E-state index >= 15 is 0 Å². The maximum atomic E-state index is 4.34. The number of hydrogen-bond donors (Lipinski definition) is 1.